The third kappa shape index (κ3) is 2.31. The first-order valence-corrected chi connectivity index (χ1v) is 7.84. The van der Waals surface area contributed by atoms with Crippen LogP contribution in [0.15, 0.2) is 12.1 Å². The summed E-state index contributed by atoms with van der Waals surface area (Å²) in [6, 6.07) is 5.33. The van der Waals surface area contributed by atoms with Crippen LogP contribution in [0.1, 0.15) is 54.8 Å². The fourth-order valence-corrected chi connectivity index (χ4v) is 3.98. The number of halogens is 1. The Balaban J connectivity index is 1.91. The van der Waals surface area contributed by atoms with Crippen LogP contribution in [0.4, 0.5) is 0 Å². The Hall–Kier alpha value is -0.570. The van der Waals surface area contributed by atoms with E-state index in [0.29, 0.717) is 18.6 Å². The molecule has 0 aromatic heterocycles. The predicted molar refractivity (Wildman–Crippen MR) is 80.4 cm³/mol. The lowest BCUT2D eigenvalue weighted by molar-refractivity contribution is 0.117. The van der Waals surface area contributed by atoms with E-state index >= 15 is 0 Å². The van der Waals surface area contributed by atoms with Gasteiger partial charge in [0.25, 0.3) is 0 Å². The maximum atomic E-state index is 6.27. The average Bonchev–Trinajstić information content (AvgIpc) is 2.83. The largest absolute Gasteiger partial charge is 0.329 e. The Morgan fingerprint density at radius 1 is 1.26 bits per heavy atom. The lowest BCUT2D eigenvalue weighted by Crippen LogP contribution is -2.38. The van der Waals surface area contributed by atoms with Gasteiger partial charge in [-0.25, -0.2) is 0 Å². The molecule has 0 radical (unpaired) electrons. The van der Waals surface area contributed by atoms with Gasteiger partial charge < -0.3 is 5.73 Å². The number of nitrogens with zero attached hydrogens (tertiary/aromatic N) is 1. The second-order valence-corrected chi connectivity index (χ2v) is 6.36. The van der Waals surface area contributed by atoms with Crippen molar-refractivity contribution in [3.05, 3.63) is 33.8 Å². The third-order valence-corrected chi connectivity index (χ3v) is 5.35. The van der Waals surface area contributed by atoms with Crippen LogP contribution < -0.4 is 5.73 Å². The second kappa shape index (κ2) is 5.43. The van der Waals surface area contributed by atoms with E-state index in [1.54, 1.807) is 0 Å². The highest BCUT2D eigenvalue weighted by molar-refractivity contribution is 6.31. The summed E-state index contributed by atoms with van der Waals surface area (Å²) in [7, 11) is 0. The molecule has 2 aliphatic rings. The Morgan fingerprint density at radius 3 is 2.68 bits per heavy atom. The molecule has 1 aliphatic heterocycles. The summed E-state index contributed by atoms with van der Waals surface area (Å²) in [6.07, 6.45) is 6.80. The van der Waals surface area contributed by atoms with Gasteiger partial charge in [-0.3, -0.25) is 4.90 Å². The molecular weight excluding hydrogens is 256 g/mol. The summed E-state index contributed by atoms with van der Waals surface area (Å²) >= 11 is 6.27. The molecule has 2 N–H and O–H groups in total. The first kappa shape index (κ1) is 13.4. The van der Waals surface area contributed by atoms with Gasteiger partial charge in [-0.1, -0.05) is 36.9 Å². The van der Waals surface area contributed by atoms with Gasteiger partial charge in [0, 0.05) is 30.2 Å². The van der Waals surface area contributed by atoms with Crippen LogP contribution >= 0.6 is 11.6 Å². The first-order valence-electron chi connectivity index (χ1n) is 7.46. The van der Waals surface area contributed by atoms with Crippen LogP contribution in [0.5, 0.6) is 0 Å². The molecule has 1 unspecified atom stereocenters. The summed E-state index contributed by atoms with van der Waals surface area (Å²) < 4.78 is 0. The minimum atomic E-state index is 0.397. The molecule has 1 fully saturated rings. The van der Waals surface area contributed by atoms with E-state index in [-0.39, 0.29) is 0 Å². The van der Waals surface area contributed by atoms with E-state index in [1.807, 2.05) is 6.07 Å². The summed E-state index contributed by atoms with van der Waals surface area (Å²) in [5.74, 6) is 0. The van der Waals surface area contributed by atoms with Gasteiger partial charge >= 0.3 is 0 Å². The lowest BCUT2D eigenvalue weighted by atomic mass is 9.93. The molecule has 0 saturated heterocycles. The zero-order chi connectivity index (χ0) is 13.4. The van der Waals surface area contributed by atoms with Crippen molar-refractivity contribution >= 4 is 11.6 Å². The highest BCUT2D eigenvalue weighted by Gasteiger charge is 2.35. The lowest BCUT2D eigenvalue weighted by Gasteiger charge is -2.35. The summed E-state index contributed by atoms with van der Waals surface area (Å²) in [5, 5.41) is 0.889. The third-order valence-electron chi connectivity index (χ3n) is 4.94. The number of benzene rings is 1. The van der Waals surface area contributed by atoms with Crippen LogP contribution in [0.3, 0.4) is 0 Å². The van der Waals surface area contributed by atoms with Gasteiger partial charge in [0.2, 0.25) is 0 Å². The Morgan fingerprint density at radius 2 is 2.00 bits per heavy atom. The molecule has 1 heterocycles. The second-order valence-electron chi connectivity index (χ2n) is 5.96. The van der Waals surface area contributed by atoms with Gasteiger partial charge in [-0.15, -0.1) is 0 Å². The van der Waals surface area contributed by atoms with Crippen molar-refractivity contribution in [3.63, 3.8) is 0 Å². The van der Waals surface area contributed by atoms with Crippen LogP contribution in [0.2, 0.25) is 5.02 Å². The van der Waals surface area contributed by atoms with Crippen molar-refractivity contribution < 1.29 is 0 Å². The molecule has 1 aromatic carbocycles. The first-order chi connectivity index (χ1) is 9.22. The van der Waals surface area contributed by atoms with Crippen molar-refractivity contribution in [2.45, 2.75) is 57.7 Å². The van der Waals surface area contributed by atoms with Crippen molar-refractivity contribution in [3.8, 4) is 0 Å². The molecule has 1 aromatic rings. The van der Waals surface area contributed by atoms with Gasteiger partial charge in [0.05, 0.1) is 0 Å². The zero-order valence-corrected chi connectivity index (χ0v) is 12.4. The minimum Gasteiger partial charge on any atom is -0.329 e. The molecule has 1 atom stereocenters. The zero-order valence-electron chi connectivity index (χ0n) is 11.7. The standard InChI is InChI=1S/C16H23ClN2/c1-11-14-10-19(12-5-3-2-4-6-12)16(9-18)13(14)7-8-15(11)17/h7-8,12,16H,2-6,9-10,18H2,1H3. The van der Waals surface area contributed by atoms with Crippen molar-refractivity contribution in [1.82, 2.24) is 4.90 Å². The fourth-order valence-electron chi connectivity index (χ4n) is 3.80. The summed E-state index contributed by atoms with van der Waals surface area (Å²) in [5.41, 5.74) is 10.1. The highest BCUT2D eigenvalue weighted by atomic mass is 35.5. The molecule has 1 saturated carbocycles. The topological polar surface area (TPSA) is 29.3 Å². The number of rotatable bonds is 2. The molecule has 3 rings (SSSR count). The normalized spacial score (nSPS) is 24.7. The quantitative estimate of drug-likeness (QED) is 0.892. The molecule has 2 nitrogen and oxygen atoms in total. The molecule has 19 heavy (non-hydrogen) atoms. The predicted octanol–water partition coefficient (Wildman–Crippen LogP) is 3.80. The molecule has 1 aliphatic carbocycles. The van der Waals surface area contributed by atoms with E-state index in [4.69, 9.17) is 17.3 Å². The number of hydrogen-bond acceptors (Lipinski definition) is 2. The Bertz CT molecular complexity index is 466. The molecular formula is C16H23ClN2. The highest BCUT2D eigenvalue weighted by Crippen LogP contribution is 2.40. The van der Waals surface area contributed by atoms with Gasteiger partial charge in [0.15, 0.2) is 0 Å². The average molecular weight is 279 g/mol. The number of fused-ring (bicyclic) bond motifs is 1. The summed E-state index contributed by atoms with van der Waals surface area (Å²) in [4.78, 5) is 2.63. The van der Waals surface area contributed by atoms with Crippen LogP contribution in [-0.2, 0) is 6.54 Å². The van der Waals surface area contributed by atoms with Crippen LogP contribution in [0, 0.1) is 6.92 Å². The molecule has 0 spiro atoms. The maximum absolute atomic E-state index is 6.27. The maximum Gasteiger partial charge on any atom is 0.0480 e. The number of hydrogen-bond donors (Lipinski definition) is 1. The Labute approximate surface area is 120 Å². The SMILES string of the molecule is Cc1c(Cl)ccc2c1CN(C1CCCCC1)C2CN. The van der Waals surface area contributed by atoms with E-state index in [2.05, 4.69) is 17.9 Å². The van der Waals surface area contributed by atoms with E-state index in [0.717, 1.165) is 11.6 Å². The minimum absolute atomic E-state index is 0.397. The van der Waals surface area contributed by atoms with Crippen LogP contribution in [-0.4, -0.2) is 17.5 Å². The fraction of sp³-hybridized carbons (Fsp3) is 0.625. The van der Waals surface area contributed by atoms with Gasteiger partial charge in [-0.05, 0) is 42.5 Å². The summed E-state index contributed by atoms with van der Waals surface area (Å²) in [6.45, 7) is 3.89. The number of nitrogens with two attached hydrogens (primary N) is 1. The molecule has 0 bridgehead atoms. The molecule has 0 amide bonds. The van der Waals surface area contributed by atoms with Gasteiger partial charge in [0.1, 0.15) is 0 Å². The van der Waals surface area contributed by atoms with Gasteiger partial charge in [-0.2, -0.15) is 0 Å². The van der Waals surface area contributed by atoms with E-state index < -0.39 is 0 Å². The monoisotopic (exact) mass is 278 g/mol. The van der Waals surface area contributed by atoms with E-state index in [1.165, 1.54) is 48.8 Å². The van der Waals surface area contributed by atoms with Crippen molar-refractivity contribution in [2.75, 3.05) is 6.54 Å². The van der Waals surface area contributed by atoms with E-state index in [9.17, 15) is 0 Å². The molecule has 104 valence electrons. The van der Waals surface area contributed by atoms with Crippen molar-refractivity contribution in [1.29, 1.82) is 0 Å². The molecule has 3 heteroatoms. The van der Waals surface area contributed by atoms with Crippen LogP contribution in [0.25, 0.3) is 0 Å². The Kier molecular flexibility index (Phi) is 3.84. The van der Waals surface area contributed by atoms with Crippen molar-refractivity contribution in [2.24, 2.45) is 5.73 Å². The smallest absolute Gasteiger partial charge is 0.0480 e.